The van der Waals surface area contributed by atoms with Gasteiger partial charge < -0.3 is 15.2 Å². The van der Waals surface area contributed by atoms with Gasteiger partial charge in [0.25, 0.3) is 0 Å². The van der Waals surface area contributed by atoms with E-state index in [1.54, 1.807) is 7.11 Å². The minimum absolute atomic E-state index is 0.0705. The summed E-state index contributed by atoms with van der Waals surface area (Å²) in [5.41, 5.74) is 0.0705. The number of aliphatic hydroxyl groups is 1. The number of likely N-dealkylation sites (tertiary alicyclic amines) is 1. The molecule has 0 radical (unpaired) electrons. The van der Waals surface area contributed by atoms with Gasteiger partial charge in [-0.2, -0.15) is 0 Å². The molecule has 1 rings (SSSR count). The molecule has 0 amide bonds. The van der Waals surface area contributed by atoms with Gasteiger partial charge in [-0.25, -0.2) is 0 Å². The van der Waals surface area contributed by atoms with E-state index in [4.69, 9.17) is 4.74 Å². The molecule has 0 aromatic carbocycles. The summed E-state index contributed by atoms with van der Waals surface area (Å²) < 4.78 is 5.30. The molecule has 1 heterocycles. The molecule has 0 spiro atoms. The van der Waals surface area contributed by atoms with Crippen molar-refractivity contribution in [3.05, 3.63) is 0 Å². The number of nitrogens with zero attached hydrogens (tertiary/aromatic N) is 1. The summed E-state index contributed by atoms with van der Waals surface area (Å²) >= 11 is 0. The van der Waals surface area contributed by atoms with Crippen LogP contribution in [0.5, 0.6) is 0 Å². The second kappa shape index (κ2) is 5.96. The SMILES string of the molecule is COC1CCN(CC(O)CNC(C)(C)C)C1. The van der Waals surface area contributed by atoms with Crippen molar-refractivity contribution in [1.82, 2.24) is 10.2 Å². The van der Waals surface area contributed by atoms with E-state index in [2.05, 4.69) is 31.0 Å². The number of rotatable bonds is 5. The molecule has 1 aliphatic heterocycles. The summed E-state index contributed by atoms with van der Waals surface area (Å²) in [7, 11) is 1.76. The average Bonchev–Trinajstić information content (AvgIpc) is 2.61. The van der Waals surface area contributed by atoms with E-state index in [1.807, 2.05) is 0 Å². The number of hydrogen-bond acceptors (Lipinski definition) is 4. The van der Waals surface area contributed by atoms with Crippen molar-refractivity contribution in [1.29, 1.82) is 0 Å². The van der Waals surface area contributed by atoms with Crippen molar-refractivity contribution < 1.29 is 9.84 Å². The highest BCUT2D eigenvalue weighted by Gasteiger charge is 2.24. The number of ether oxygens (including phenoxy) is 1. The highest BCUT2D eigenvalue weighted by Crippen LogP contribution is 2.11. The zero-order valence-corrected chi connectivity index (χ0v) is 11.0. The van der Waals surface area contributed by atoms with Gasteiger partial charge in [0.15, 0.2) is 0 Å². The molecule has 1 aliphatic rings. The van der Waals surface area contributed by atoms with Crippen LogP contribution in [0, 0.1) is 0 Å². The van der Waals surface area contributed by atoms with E-state index in [9.17, 15) is 5.11 Å². The van der Waals surface area contributed by atoms with Gasteiger partial charge in [-0.3, -0.25) is 4.90 Å². The third kappa shape index (κ3) is 5.25. The fraction of sp³-hybridized carbons (Fsp3) is 1.00. The lowest BCUT2D eigenvalue weighted by molar-refractivity contribution is 0.0871. The lowest BCUT2D eigenvalue weighted by Gasteiger charge is -2.25. The van der Waals surface area contributed by atoms with E-state index in [-0.39, 0.29) is 11.6 Å². The Bertz CT molecular complexity index is 204. The Kier molecular flexibility index (Phi) is 5.18. The Morgan fingerprint density at radius 3 is 2.69 bits per heavy atom. The van der Waals surface area contributed by atoms with E-state index >= 15 is 0 Å². The average molecular weight is 230 g/mol. The summed E-state index contributed by atoms with van der Waals surface area (Å²) in [5.74, 6) is 0. The number of methoxy groups -OCH3 is 1. The van der Waals surface area contributed by atoms with E-state index in [0.29, 0.717) is 12.6 Å². The van der Waals surface area contributed by atoms with Crippen LogP contribution >= 0.6 is 0 Å². The highest BCUT2D eigenvalue weighted by molar-refractivity contribution is 4.80. The van der Waals surface area contributed by atoms with Gasteiger partial charge in [-0.05, 0) is 27.2 Å². The third-order valence-corrected chi connectivity index (χ3v) is 2.90. The normalized spacial score (nSPS) is 24.9. The van der Waals surface area contributed by atoms with Gasteiger partial charge in [0.05, 0.1) is 12.2 Å². The lowest BCUT2D eigenvalue weighted by atomic mass is 10.1. The van der Waals surface area contributed by atoms with Gasteiger partial charge in [0, 0.05) is 38.8 Å². The molecule has 0 aliphatic carbocycles. The molecule has 2 atom stereocenters. The first-order chi connectivity index (χ1) is 7.40. The molecule has 0 aromatic heterocycles. The number of hydrogen-bond donors (Lipinski definition) is 2. The lowest BCUT2D eigenvalue weighted by Crippen LogP contribution is -2.44. The number of aliphatic hydroxyl groups excluding tert-OH is 1. The molecular formula is C12H26N2O2. The maximum absolute atomic E-state index is 9.89. The third-order valence-electron chi connectivity index (χ3n) is 2.90. The van der Waals surface area contributed by atoms with Gasteiger partial charge in [0.1, 0.15) is 0 Å². The predicted molar refractivity (Wildman–Crippen MR) is 65.6 cm³/mol. The zero-order chi connectivity index (χ0) is 12.2. The van der Waals surface area contributed by atoms with Crippen molar-refractivity contribution in [3.8, 4) is 0 Å². The Morgan fingerprint density at radius 2 is 2.19 bits per heavy atom. The van der Waals surface area contributed by atoms with E-state index in [0.717, 1.165) is 26.1 Å². The van der Waals surface area contributed by atoms with Crippen LogP contribution < -0.4 is 5.32 Å². The maximum Gasteiger partial charge on any atom is 0.0791 e. The molecule has 2 unspecified atom stereocenters. The summed E-state index contributed by atoms with van der Waals surface area (Å²) in [6.45, 7) is 9.69. The van der Waals surface area contributed by atoms with Gasteiger partial charge >= 0.3 is 0 Å². The monoisotopic (exact) mass is 230 g/mol. The molecule has 0 bridgehead atoms. The van der Waals surface area contributed by atoms with E-state index in [1.165, 1.54) is 0 Å². The minimum atomic E-state index is -0.296. The predicted octanol–water partition coefficient (Wildman–Crippen LogP) is 0.456. The van der Waals surface area contributed by atoms with Crippen LogP contribution in [-0.2, 0) is 4.74 Å². The molecule has 4 nitrogen and oxygen atoms in total. The number of β-amino-alcohol motifs (C(OH)–C–C–N with tert-alkyl or cyclic N) is 1. The van der Waals surface area contributed by atoms with E-state index < -0.39 is 0 Å². The molecule has 1 fully saturated rings. The van der Waals surface area contributed by atoms with Crippen LogP contribution in [0.1, 0.15) is 27.2 Å². The Labute approximate surface area is 99.0 Å². The van der Waals surface area contributed by atoms with Crippen molar-refractivity contribution in [2.45, 2.75) is 44.9 Å². The van der Waals surface area contributed by atoms with Crippen molar-refractivity contribution in [2.24, 2.45) is 0 Å². The summed E-state index contributed by atoms with van der Waals surface area (Å²) in [6.07, 6.45) is 1.13. The van der Waals surface area contributed by atoms with Crippen LogP contribution in [0.25, 0.3) is 0 Å². The molecule has 16 heavy (non-hydrogen) atoms. The van der Waals surface area contributed by atoms with Gasteiger partial charge in [-0.1, -0.05) is 0 Å². The quantitative estimate of drug-likeness (QED) is 0.720. The largest absolute Gasteiger partial charge is 0.390 e. The molecule has 0 aromatic rings. The number of nitrogens with one attached hydrogen (secondary N) is 1. The Hall–Kier alpha value is -0.160. The fourth-order valence-electron chi connectivity index (χ4n) is 1.94. The molecular weight excluding hydrogens is 204 g/mol. The topological polar surface area (TPSA) is 44.7 Å². The second-order valence-corrected chi connectivity index (χ2v) is 5.69. The first kappa shape index (κ1) is 13.9. The molecule has 96 valence electrons. The van der Waals surface area contributed by atoms with Crippen LogP contribution in [0.15, 0.2) is 0 Å². The Morgan fingerprint density at radius 1 is 1.50 bits per heavy atom. The van der Waals surface area contributed by atoms with Gasteiger partial charge in [0.2, 0.25) is 0 Å². The first-order valence-corrected chi connectivity index (χ1v) is 6.09. The summed E-state index contributed by atoms with van der Waals surface area (Å²) in [6, 6.07) is 0. The molecule has 1 saturated heterocycles. The standard InChI is InChI=1S/C12H26N2O2/c1-12(2,3)13-7-10(15)8-14-6-5-11(9-14)16-4/h10-11,13,15H,5-9H2,1-4H3. The molecule has 2 N–H and O–H groups in total. The maximum atomic E-state index is 9.89. The van der Waals surface area contributed by atoms with Gasteiger partial charge in [-0.15, -0.1) is 0 Å². The van der Waals surface area contributed by atoms with Crippen LogP contribution in [-0.4, -0.2) is 61.0 Å². The molecule has 0 saturated carbocycles. The van der Waals surface area contributed by atoms with Crippen LogP contribution in [0.4, 0.5) is 0 Å². The van der Waals surface area contributed by atoms with Crippen LogP contribution in [0.2, 0.25) is 0 Å². The first-order valence-electron chi connectivity index (χ1n) is 6.09. The zero-order valence-electron chi connectivity index (χ0n) is 11.0. The summed E-state index contributed by atoms with van der Waals surface area (Å²) in [4.78, 5) is 2.27. The smallest absolute Gasteiger partial charge is 0.0791 e. The summed E-state index contributed by atoms with van der Waals surface area (Å²) in [5, 5.41) is 13.2. The second-order valence-electron chi connectivity index (χ2n) is 5.69. The fourth-order valence-corrected chi connectivity index (χ4v) is 1.94. The minimum Gasteiger partial charge on any atom is -0.390 e. The van der Waals surface area contributed by atoms with Crippen molar-refractivity contribution >= 4 is 0 Å². The van der Waals surface area contributed by atoms with Crippen molar-refractivity contribution in [2.75, 3.05) is 33.3 Å². The molecule has 4 heteroatoms. The Balaban J connectivity index is 2.17. The van der Waals surface area contributed by atoms with Crippen LogP contribution in [0.3, 0.4) is 0 Å². The van der Waals surface area contributed by atoms with Crippen molar-refractivity contribution in [3.63, 3.8) is 0 Å². The highest BCUT2D eigenvalue weighted by atomic mass is 16.5.